The summed E-state index contributed by atoms with van der Waals surface area (Å²) in [6, 6.07) is 11.6. The lowest BCUT2D eigenvalue weighted by Crippen LogP contribution is -2.14. The van der Waals surface area contributed by atoms with Crippen molar-refractivity contribution in [3.8, 4) is 5.75 Å². The monoisotopic (exact) mass is 372 g/mol. The molecule has 0 fully saturated rings. The van der Waals surface area contributed by atoms with Gasteiger partial charge in [-0.2, -0.15) is 8.42 Å². The first-order chi connectivity index (χ1) is 12.2. The minimum Gasteiger partial charge on any atom is -0.506 e. The lowest BCUT2D eigenvalue weighted by molar-refractivity contribution is 0.102. The number of carbonyl (C=O) groups excluding carboxylic acids is 1. The number of fused-ring (bicyclic) bond motifs is 1. The first-order valence-electron chi connectivity index (χ1n) is 7.57. The van der Waals surface area contributed by atoms with Crippen LogP contribution in [0.4, 0.5) is 11.4 Å². The summed E-state index contributed by atoms with van der Waals surface area (Å²) in [4.78, 5) is 12.2. The summed E-state index contributed by atoms with van der Waals surface area (Å²) in [5, 5.41) is 13.6. The molecule has 26 heavy (non-hydrogen) atoms. The topological polar surface area (TPSA) is 130 Å². The van der Waals surface area contributed by atoms with Gasteiger partial charge in [-0.05, 0) is 48.2 Å². The van der Waals surface area contributed by atoms with Gasteiger partial charge in [-0.15, -0.1) is 0 Å². The lowest BCUT2D eigenvalue weighted by Gasteiger charge is -2.13. The standard InChI is InChI=1S/C18H16N2O5S/c1-10-2-5-14(15(19)8-10)18(22)20-17-13-6-4-12(26(23,24)25)9-11(13)3-7-16(17)21/h2-9,21H,19H2,1H3,(H,20,22)(H,23,24,25). The first-order valence-corrected chi connectivity index (χ1v) is 9.01. The van der Waals surface area contributed by atoms with Gasteiger partial charge >= 0.3 is 0 Å². The van der Waals surface area contributed by atoms with Gasteiger partial charge in [0.05, 0.1) is 16.1 Å². The van der Waals surface area contributed by atoms with Crippen LogP contribution >= 0.6 is 0 Å². The van der Waals surface area contributed by atoms with Gasteiger partial charge in [0.15, 0.2) is 0 Å². The molecule has 3 aromatic rings. The van der Waals surface area contributed by atoms with Crippen LogP contribution in [0.15, 0.2) is 53.4 Å². The molecule has 3 rings (SSSR count). The van der Waals surface area contributed by atoms with E-state index in [9.17, 15) is 18.3 Å². The molecule has 0 aliphatic rings. The number of carbonyl (C=O) groups is 1. The molecule has 0 radical (unpaired) electrons. The van der Waals surface area contributed by atoms with E-state index in [0.29, 0.717) is 16.5 Å². The van der Waals surface area contributed by atoms with Crippen molar-refractivity contribution >= 4 is 38.2 Å². The van der Waals surface area contributed by atoms with Crippen molar-refractivity contribution in [2.75, 3.05) is 11.1 Å². The number of nitrogen functional groups attached to an aromatic ring is 1. The van der Waals surface area contributed by atoms with Crippen LogP contribution < -0.4 is 11.1 Å². The quantitative estimate of drug-likeness (QED) is 0.318. The van der Waals surface area contributed by atoms with Gasteiger partial charge in [0.2, 0.25) is 0 Å². The van der Waals surface area contributed by atoms with Crippen LogP contribution in [0.3, 0.4) is 0 Å². The summed E-state index contributed by atoms with van der Waals surface area (Å²) in [5.41, 5.74) is 7.46. The van der Waals surface area contributed by atoms with Crippen LogP contribution in [-0.4, -0.2) is 24.0 Å². The van der Waals surface area contributed by atoms with E-state index in [1.807, 2.05) is 6.92 Å². The summed E-state index contributed by atoms with van der Waals surface area (Å²) in [5.74, 6) is -0.694. The third kappa shape index (κ3) is 3.32. The summed E-state index contributed by atoms with van der Waals surface area (Å²) < 4.78 is 31.7. The molecule has 0 aromatic heterocycles. The van der Waals surface area contributed by atoms with Gasteiger partial charge in [0.1, 0.15) is 5.75 Å². The van der Waals surface area contributed by atoms with Crippen LogP contribution in [0.5, 0.6) is 5.75 Å². The SMILES string of the molecule is Cc1ccc(C(=O)Nc2c(O)ccc3cc(S(=O)(=O)O)ccc23)c(N)c1. The van der Waals surface area contributed by atoms with Crippen molar-refractivity contribution in [1.29, 1.82) is 0 Å². The zero-order chi connectivity index (χ0) is 19.1. The van der Waals surface area contributed by atoms with Crippen LogP contribution in [0.2, 0.25) is 0 Å². The highest BCUT2D eigenvalue weighted by Crippen LogP contribution is 2.34. The Morgan fingerprint density at radius 3 is 2.46 bits per heavy atom. The molecule has 1 amide bonds. The van der Waals surface area contributed by atoms with E-state index in [-0.39, 0.29) is 21.9 Å². The van der Waals surface area contributed by atoms with Crippen molar-refractivity contribution in [3.63, 3.8) is 0 Å². The van der Waals surface area contributed by atoms with Crippen molar-refractivity contribution in [1.82, 2.24) is 0 Å². The maximum atomic E-state index is 12.5. The maximum absolute atomic E-state index is 12.5. The molecule has 8 heteroatoms. The van der Waals surface area contributed by atoms with Gasteiger partial charge < -0.3 is 16.2 Å². The second-order valence-electron chi connectivity index (χ2n) is 5.86. The largest absolute Gasteiger partial charge is 0.506 e. The number of phenols is 1. The predicted molar refractivity (Wildman–Crippen MR) is 99.0 cm³/mol. The van der Waals surface area contributed by atoms with E-state index in [4.69, 9.17) is 10.3 Å². The number of amides is 1. The first kappa shape index (κ1) is 17.7. The van der Waals surface area contributed by atoms with E-state index in [2.05, 4.69) is 5.32 Å². The van der Waals surface area contributed by atoms with E-state index in [1.54, 1.807) is 18.2 Å². The molecule has 0 heterocycles. The molecule has 134 valence electrons. The Morgan fingerprint density at radius 1 is 1.08 bits per heavy atom. The third-order valence-electron chi connectivity index (χ3n) is 3.96. The van der Waals surface area contributed by atoms with Crippen LogP contribution in [0.25, 0.3) is 10.8 Å². The molecule has 0 spiro atoms. The molecule has 0 atom stereocenters. The van der Waals surface area contributed by atoms with Crippen LogP contribution in [0, 0.1) is 6.92 Å². The molecule has 0 aliphatic heterocycles. The van der Waals surface area contributed by atoms with E-state index < -0.39 is 16.0 Å². The number of nitrogens with two attached hydrogens (primary N) is 1. The summed E-state index contributed by atoms with van der Waals surface area (Å²) in [6.45, 7) is 1.85. The number of nitrogens with one attached hydrogen (secondary N) is 1. The molecule has 0 unspecified atom stereocenters. The van der Waals surface area contributed by atoms with Crippen molar-refractivity contribution in [3.05, 3.63) is 59.7 Å². The Morgan fingerprint density at radius 2 is 1.81 bits per heavy atom. The second-order valence-corrected chi connectivity index (χ2v) is 7.28. The summed E-state index contributed by atoms with van der Waals surface area (Å²) in [7, 11) is -4.36. The average molecular weight is 372 g/mol. The van der Waals surface area contributed by atoms with Gasteiger partial charge in [-0.3, -0.25) is 9.35 Å². The molecule has 0 saturated heterocycles. The third-order valence-corrected chi connectivity index (χ3v) is 4.81. The Balaban J connectivity index is 2.07. The molecule has 0 bridgehead atoms. The predicted octanol–water partition coefficient (Wildman–Crippen LogP) is 2.94. The van der Waals surface area contributed by atoms with Crippen molar-refractivity contribution in [2.45, 2.75) is 11.8 Å². The van der Waals surface area contributed by atoms with Crippen LogP contribution in [-0.2, 0) is 10.1 Å². The molecule has 0 aliphatic carbocycles. The highest BCUT2D eigenvalue weighted by atomic mass is 32.2. The Labute approximate surface area is 149 Å². The zero-order valence-corrected chi connectivity index (χ0v) is 14.5. The number of hydrogen-bond donors (Lipinski definition) is 4. The van der Waals surface area contributed by atoms with Gasteiger partial charge in [0.25, 0.3) is 16.0 Å². The fourth-order valence-corrected chi connectivity index (χ4v) is 3.17. The van der Waals surface area contributed by atoms with Gasteiger partial charge in [0, 0.05) is 11.1 Å². The van der Waals surface area contributed by atoms with E-state index in [1.165, 1.54) is 30.3 Å². The number of hydrogen-bond acceptors (Lipinski definition) is 5. The normalized spacial score (nSPS) is 11.5. The number of anilines is 2. The number of aromatic hydroxyl groups is 1. The molecular formula is C18H16N2O5S. The minimum atomic E-state index is -4.36. The summed E-state index contributed by atoms with van der Waals surface area (Å²) >= 11 is 0. The van der Waals surface area contributed by atoms with Crippen LogP contribution in [0.1, 0.15) is 15.9 Å². The second kappa shape index (κ2) is 6.32. The Hall–Kier alpha value is -3.10. The van der Waals surface area contributed by atoms with Crippen molar-refractivity contribution < 1.29 is 22.9 Å². The fourth-order valence-electron chi connectivity index (χ4n) is 2.66. The summed E-state index contributed by atoms with van der Waals surface area (Å²) in [6.07, 6.45) is 0. The molecule has 0 saturated carbocycles. The molecule has 7 nitrogen and oxygen atoms in total. The molecule has 3 aromatic carbocycles. The van der Waals surface area contributed by atoms with Gasteiger partial charge in [-0.25, -0.2) is 0 Å². The fraction of sp³-hybridized carbons (Fsp3) is 0.0556. The zero-order valence-electron chi connectivity index (χ0n) is 13.7. The maximum Gasteiger partial charge on any atom is 0.294 e. The number of benzene rings is 3. The Bertz CT molecular complexity index is 1140. The number of aryl methyl sites for hydroxylation is 1. The smallest absolute Gasteiger partial charge is 0.294 e. The molecule has 5 N–H and O–H groups in total. The van der Waals surface area contributed by atoms with Gasteiger partial charge in [-0.1, -0.05) is 18.2 Å². The van der Waals surface area contributed by atoms with Crippen molar-refractivity contribution in [2.24, 2.45) is 0 Å². The number of rotatable bonds is 3. The minimum absolute atomic E-state index is 0.120. The average Bonchev–Trinajstić information content (AvgIpc) is 2.56. The number of phenolic OH excluding ortho intramolecular Hbond substituents is 1. The lowest BCUT2D eigenvalue weighted by atomic mass is 10.1. The van der Waals surface area contributed by atoms with E-state index in [0.717, 1.165) is 5.56 Å². The van der Waals surface area contributed by atoms with E-state index >= 15 is 0 Å². The Kier molecular flexibility index (Phi) is 4.31. The molecular weight excluding hydrogens is 356 g/mol. The highest BCUT2D eigenvalue weighted by Gasteiger charge is 2.16. The highest BCUT2D eigenvalue weighted by molar-refractivity contribution is 7.85.